The zero-order valence-corrected chi connectivity index (χ0v) is 11.3. The van der Waals surface area contributed by atoms with E-state index in [1.165, 1.54) is 6.08 Å². The predicted octanol–water partition coefficient (Wildman–Crippen LogP) is -1.01. The minimum absolute atomic E-state index is 0.0119. The molecule has 0 radical (unpaired) electrons. The standard InChI is InChI=1S/C15H10N2O5/c18-7-8-3-1-2-4-9-12(8)15(22)17(14(9)21)10-5-6-11(19)16-13(10)20/h4,7,10H,3,5-6H2,(H,16,19,20). The molecule has 0 aromatic heterocycles. The molecule has 2 heterocycles. The molecule has 1 unspecified atom stereocenters. The molecule has 2 aliphatic heterocycles. The molecule has 1 aliphatic carbocycles. The van der Waals surface area contributed by atoms with Crippen molar-refractivity contribution in [2.24, 2.45) is 0 Å². The first kappa shape index (κ1) is 13.9. The van der Waals surface area contributed by atoms with Crippen LogP contribution in [0.3, 0.4) is 0 Å². The van der Waals surface area contributed by atoms with Crippen molar-refractivity contribution in [3.8, 4) is 11.8 Å². The Bertz CT molecular complexity index is 763. The Kier molecular flexibility index (Phi) is 3.22. The van der Waals surface area contributed by atoms with Crippen LogP contribution < -0.4 is 5.32 Å². The van der Waals surface area contributed by atoms with Gasteiger partial charge < -0.3 is 0 Å². The van der Waals surface area contributed by atoms with E-state index >= 15 is 0 Å². The van der Waals surface area contributed by atoms with Crippen LogP contribution in [0.2, 0.25) is 0 Å². The third-order valence-corrected chi connectivity index (χ3v) is 3.73. The van der Waals surface area contributed by atoms with E-state index in [4.69, 9.17) is 0 Å². The lowest BCUT2D eigenvalue weighted by atomic mass is 10.0. The van der Waals surface area contributed by atoms with Crippen LogP contribution in [0.15, 0.2) is 22.8 Å². The van der Waals surface area contributed by atoms with E-state index in [0.717, 1.165) is 4.90 Å². The maximum absolute atomic E-state index is 12.5. The van der Waals surface area contributed by atoms with Crippen molar-refractivity contribution in [2.75, 3.05) is 0 Å². The summed E-state index contributed by atoms with van der Waals surface area (Å²) in [7, 11) is 0. The first-order valence-electron chi connectivity index (χ1n) is 6.63. The molecule has 2 saturated heterocycles. The summed E-state index contributed by atoms with van der Waals surface area (Å²) in [6.45, 7) is 0. The SMILES string of the molecule is O=CC1=C2C(=O)N(C3CCC(=O)NC3=O)C(=O)C2=CC#CC1. The van der Waals surface area contributed by atoms with E-state index in [0.29, 0.717) is 6.29 Å². The molecule has 0 aromatic carbocycles. The number of hydrogen-bond acceptors (Lipinski definition) is 5. The van der Waals surface area contributed by atoms with Crippen LogP contribution in [-0.4, -0.2) is 40.9 Å². The number of carbonyl (C=O) groups is 5. The topological polar surface area (TPSA) is 101 Å². The number of likely N-dealkylation sites (tertiary alicyclic amines) is 1. The molecule has 7 heteroatoms. The number of imide groups is 2. The highest BCUT2D eigenvalue weighted by Gasteiger charge is 2.47. The summed E-state index contributed by atoms with van der Waals surface area (Å²) in [6, 6.07) is -1.04. The number of piperidine rings is 1. The van der Waals surface area contributed by atoms with E-state index in [2.05, 4.69) is 17.2 Å². The highest BCUT2D eigenvalue weighted by molar-refractivity contribution is 6.28. The van der Waals surface area contributed by atoms with Crippen molar-refractivity contribution < 1.29 is 24.0 Å². The molecule has 0 saturated carbocycles. The summed E-state index contributed by atoms with van der Waals surface area (Å²) in [5.41, 5.74) is 0.147. The summed E-state index contributed by atoms with van der Waals surface area (Å²) in [5, 5.41) is 2.11. The summed E-state index contributed by atoms with van der Waals surface area (Å²) in [4.78, 5) is 60.0. The van der Waals surface area contributed by atoms with Gasteiger partial charge in [-0.3, -0.25) is 34.2 Å². The molecule has 3 aliphatic rings. The predicted molar refractivity (Wildman–Crippen MR) is 71.6 cm³/mol. The first-order chi connectivity index (χ1) is 10.5. The van der Waals surface area contributed by atoms with Gasteiger partial charge in [-0.05, 0) is 6.42 Å². The minimum Gasteiger partial charge on any atom is -0.298 e. The van der Waals surface area contributed by atoms with E-state index in [9.17, 15) is 24.0 Å². The quantitative estimate of drug-likeness (QED) is 0.400. The molecule has 1 N–H and O–H groups in total. The summed E-state index contributed by atoms with van der Waals surface area (Å²) < 4.78 is 0. The van der Waals surface area contributed by atoms with Gasteiger partial charge in [-0.2, -0.15) is 0 Å². The third kappa shape index (κ3) is 1.97. The lowest BCUT2D eigenvalue weighted by molar-refractivity contribution is -0.149. The van der Waals surface area contributed by atoms with E-state index < -0.39 is 29.7 Å². The average Bonchev–Trinajstić information content (AvgIpc) is 2.66. The van der Waals surface area contributed by atoms with E-state index in [1.807, 2.05) is 0 Å². The summed E-state index contributed by atoms with van der Waals surface area (Å²) >= 11 is 0. The van der Waals surface area contributed by atoms with Crippen molar-refractivity contribution in [2.45, 2.75) is 25.3 Å². The van der Waals surface area contributed by atoms with Crippen LogP contribution in [0.5, 0.6) is 0 Å². The Morgan fingerprint density at radius 1 is 1.23 bits per heavy atom. The second kappa shape index (κ2) is 5.07. The van der Waals surface area contributed by atoms with E-state index in [1.54, 1.807) is 0 Å². The molecule has 7 nitrogen and oxygen atoms in total. The van der Waals surface area contributed by atoms with Gasteiger partial charge in [-0.1, -0.05) is 11.8 Å². The number of allylic oxidation sites excluding steroid dienone is 2. The third-order valence-electron chi connectivity index (χ3n) is 3.73. The van der Waals surface area contributed by atoms with Crippen molar-refractivity contribution in [1.82, 2.24) is 10.2 Å². The van der Waals surface area contributed by atoms with Gasteiger partial charge in [-0.25, -0.2) is 0 Å². The average molecular weight is 298 g/mol. The van der Waals surface area contributed by atoms with Gasteiger partial charge in [0.1, 0.15) is 12.3 Å². The monoisotopic (exact) mass is 298 g/mol. The Hall–Kier alpha value is -3.01. The number of carbonyl (C=O) groups excluding carboxylic acids is 5. The van der Waals surface area contributed by atoms with Gasteiger partial charge in [0, 0.05) is 24.5 Å². The van der Waals surface area contributed by atoms with Gasteiger partial charge in [0.05, 0.1) is 11.1 Å². The Balaban J connectivity index is 2.04. The van der Waals surface area contributed by atoms with Gasteiger partial charge in [0.2, 0.25) is 11.8 Å². The molecule has 1 atom stereocenters. The normalized spacial score (nSPS) is 24.3. The minimum atomic E-state index is -1.04. The van der Waals surface area contributed by atoms with Crippen LogP contribution in [0, 0.1) is 11.8 Å². The van der Waals surface area contributed by atoms with Gasteiger partial charge in [-0.15, -0.1) is 0 Å². The van der Waals surface area contributed by atoms with Crippen molar-refractivity contribution >= 4 is 29.9 Å². The lowest BCUT2D eigenvalue weighted by Crippen LogP contribution is -2.54. The molecular formula is C15H10N2O5. The summed E-state index contributed by atoms with van der Waals surface area (Å²) in [5.74, 6) is 2.79. The number of aldehydes is 1. The maximum atomic E-state index is 12.5. The largest absolute Gasteiger partial charge is 0.298 e. The first-order valence-corrected chi connectivity index (χ1v) is 6.63. The van der Waals surface area contributed by atoms with Crippen molar-refractivity contribution in [1.29, 1.82) is 0 Å². The van der Waals surface area contributed by atoms with Gasteiger partial charge >= 0.3 is 0 Å². The molecule has 22 heavy (non-hydrogen) atoms. The number of fused-ring (bicyclic) bond motifs is 1. The molecule has 0 aromatic rings. The number of hydrogen-bond donors (Lipinski definition) is 1. The molecule has 4 amide bonds. The van der Waals surface area contributed by atoms with E-state index in [-0.39, 0.29) is 36.0 Å². The molecule has 3 rings (SSSR count). The fourth-order valence-electron chi connectivity index (χ4n) is 2.68. The second-order valence-electron chi connectivity index (χ2n) is 5.02. The molecular weight excluding hydrogens is 288 g/mol. The van der Waals surface area contributed by atoms with Crippen LogP contribution in [0.1, 0.15) is 19.3 Å². The lowest BCUT2D eigenvalue weighted by Gasteiger charge is -2.27. The maximum Gasteiger partial charge on any atom is 0.262 e. The van der Waals surface area contributed by atoms with Crippen molar-refractivity contribution in [3.05, 3.63) is 22.8 Å². The highest BCUT2D eigenvalue weighted by Crippen LogP contribution is 2.32. The molecule has 0 bridgehead atoms. The number of nitrogens with zero attached hydrogens (tertiary/aromatic N) is 1. The van der Waals surface area contributed by atoms with Crippen molar-refractivity contribution in [3.63, 3.8) is 0 Å². The molecule has 2 fully saturated rings. The number of nitrogens with one attached hydrogen (secondary N) is 1. The number of rotatable bonds is 2. The zero-order valence-electron chi connectivity index (χ0n) is 11.3. The zero-order chi connectivity index (χ0) is 15.9. The fraction of sp³-hybridized carbons (Fsp3) is 0.267. The van der Waals surface area contributed by atoms with Gasteiger partial charge in [0.25, 0.3) is 11.8 Å². The highest BCUT2D eigenvalue weighted by atomic mass is 16.2. The van der Waals surface area contributed by atoms with Crippen LogP contribution in [-0.2, 0) is 24.0 Å². The van der Waals surface area contributed by atoms with Crippen LogP contribution >= 0.6 is 0 Å². The fourth-order valence-corrected chi connectivity index (χ4v) is 2.68. The Labute approximate surface area is 125 Å². The molecule has 0 spiro atoms. The van der Waals surface area contributed by atoms with Crippen LogP contribution in [0.4, 0.5) is 0 Å². The Morgan fingerprint density at radius 3 is 2.68 bits per heavy atom. The van der Waals surface area contributed by atoms with Crippen LogP contribution in [0.25, 0.3) is 0 Å². The van der Waals surface area contributed by atoms with Gasteiger partial charge in [0.15, 0.2) is 0 Å². The smallest absolute Gasteiger partial charge is 0.262 e. The Morgan fingerprint density at radius 2 is 2.00 bits per heavy atom. The second-order valence-corrected chi connectivity index (χ2v) is 5.02. The molecule has 110 valence electrons. The number of amides is 4. The summed E-state index contributed by atoms with van der Waals surface area (Å²) in [6.07, 6.45) is 1.98.